The van der Waals surface area contributed by atoms with Gasteiger partial charge in [0.05, 0.1) is 11.6 Å². The summed E-state index contributed by atoms with van der Waals surface area (Å²) in [5.74, 6) is 0.506. The molecule has 1 aromatic carbocycles. The monoisotopic (exact) mass is 235 g/mol. The summed E-state index contributed by atoms with van der Waals surface area (Å²) in [6.07, 6.45) is 5.15. The van der Waals surface area contributed by atoms with E-state index >= 15 is 0 Å². The lowest BCUT2D eigenvalue weighted by Crippen LogP contribution is -1.97. The number of hydrogen-bond acceptors (Lipinski definition) is 2. The first-order valence-electron chi connectivity index (χ1n) is 5.60. The molecule has 0 radical (unpaired) electrons. The molecule has 3 heteroatoms. The fourth-order valence-electron chi connectivity index (χ4n) is 2.05. The van der Waals surface area contributed by atoms with Gasteiger partial charge in [0.2, 0.25) is 0 Å². The second kappa shape index (κ2) is 5.36. The van der Waals surface area contributed by atoms with Crippen LogP contribution in [0.1, 0.15) is 36.8 Å². The second-order valence-electron chi connectivity index (χ2n) is 4.13. The number of halogens is 1. The van der Waals surface area contributed by atoms with Gasteiger partial charge in [-0.1, -0.05) is 12.8 Å². The molecule has 1 aromatic rings. The third kappa shape index (κ3) is 2.76. The number of nitrogens with zero attached hydrogens (tertiary/aromatic N) is 1. The highest BCUT2D eigenvalue weighted by Crippen LogP contribution is 2.32. The van der Waals surface area contributed by atoms with Crippen LogP contribution in [-0.2, 0) is 5.75 Å². The molecule has 1 fully saturated rings. The summed E-state index contributed by atoms with van der Waals surface area (Å²) in [4.78, 5) is 0. The number of thioether (sulfide) groups is 1. The summed E-state index contributed by atoms with van der Waals surface area (Å²) in [7, 11) is 0. The first-order chi connectivity index (χ1) is 7.79. The van der Waals surface area contributed by atoms with E-state index in [0.717, 1.165) is 11.3 Å². The van der Waals surface area contributed by atoms with Gasteiger partial charge >= 0.3 is 0 Å². The molecular formula is C13H14FNS. The summed E-state index contributed by atoms with van der Waals surface area (Å²) in [5, 5.41) is 9.62. The quantitative estimate of drug-likeness (QED) is 0.794. The SMILES string of the molecule is N#Cc1ccc(F)cc1CSC1CCCC1. The Morgan fingerprint density at radius 2 is 2.12 bits per heavy atom. The average molecular weight is 235 g/mol. The van der Waals surface area contributed by atoms with E-state index in [1.54, 1.807) is 6.07 Å². The zero-order valence-electron chi connectivity index (χ0n) is 9.08. The Morgan fingerprint density at radius 3 is 2.81 bits per heavy atom. The average Bonchev–Trinajstić information content (AvgIpc) is 2.79. The van der Waals surface area contributed by atoms with Crippen LogP contribution in [0.2, 0.25) is 0 Å². The first-order valence-corrected chi connectivity index (χ1v) is 6.64. The van der Waals surface area contributed by atoms with Crippen LogP contribution in [0.4, 0.5) is 4.39 Å². The van der Waals surface area contributed by atoms with Gasteiger partial charge in [0.15, 0.2) is 0 Å². The largest absolute Gasteiger partial charge is 0.207 e. The van der Waals surface area contributed by atoms with Crippen molar-refractivity contribution in [1.82, 2.24) is 0 Å². The van der Waals surface area contributed by atoms with Gasteiger partial charge in [-0.05, 0) is 36.6 Å². The van der Waals surface area contributed by atoms with Crippen molar-refractivity contribution < 1.29 is 4.39 Å². The topological polar surface area (TPSA) is 23.8 Å². The maximum atomic E-state index is 13.1. The Balaban J connectivity index is 2.02. The van der Waals surface area contributed by atoms with E-state index in [-0.39, 0.29) is 5.82 Å². The molecule has 0 N–H and O–H groups in total. The highest BCUT2D eigenvalue weighted by Gasteiger charge is 2.16. The van der Waals surface area contributed by atoms with Crippen molar-refractivity contribution in [2.45, 2.75) is 36.7 Å². The van der Waals surface area contributed by atoms with Gasteiger partial charge < -0.3 is 0 Å². The van der Waals surface area contributed by atoms with E-state index in [0.29, 0.717) is 10.8 Å². The fourth-order valence-corrected chi connectivity index (χ4v) is 3.37. The minimum absolute atomic E-state index is 0.249. The predicted octanol–water partition coefficient (Wildman–Crippen LogP) is 3.87. The lowest BCUT2D eigenvalue weighted by atomic mass is 10.1. The van der Waals surface area contributed by atoms with Crippen LogP contribution in [0, 0.1) is 17.1 Å². The molecule has 1 saturated carbocycles. The minimum Gasteiger partial charge on any atom is -0.207 e. The molecule has 2 rings (SSSR count). The normalized spacial score (nSPS) is 16.2. The molecule has 0 unspecified atom stereocenters. The van der Waals surface area contributed by atoms with Crippen LogP contribution in [0.3, 0.4) is 0 Å². The van der Waals surface area contributed by atoms with E-state index in [1.807, 2.05) is 11.8 Å². The van der Waals surface area contributed by atoms with E-state index < -0.39 is 0 Å². The molecule has 0 amide bonds. The number of nitriles is 1. The lowest BCUT2D eigenvalue weighted by molar-refractivity contribution is 0.626. The molecule has 1 nitrogen and oxygen atoms in total. The standard InChI is InChI=1S/C13H14FNS/c14-12-6-5-10(8-15)11(7-12)9-16-13-3-1-2-4-13/h5-7,13H,1-4,9H2. The van der Waals surface area contributed by atoms with Crippen molar-refractivity contribution in [3.05, 3.63) is 35.1 Å². The van der Waals surface area contributed by atoms with Gasteiger partial charge in [-0.25, -0.2) is 4.39 Å². The van der Waals surface area contributed by atoms with Gasteiger partial charge in [0.25, 0.3) is 0 Å². The lowest BCUT2D eigenvalue weighted by Gasteiger charge is -2.09. The number of rotatable bonds is 3. The fraction of sp³-hybridized carbons (Fsp3) is 0.462. The van der Waals surface area contributed by atoms with E-state index in [4.69, 9.17) is 5.26 Å². The zero-order chi connectivity index (χ0) is 11.4. The number of benzene rings is 1. The minimum atomic E-state index is -0.249. The van der Waals surface area contributed by atoms with Crippen molar-refractivity contribution in [1.29, 1.82) is 5.26 Å². The summed E-state index contributed by atoms with van der Waals surface area (Å²) < 4.78 is 13.1. The molecule has 16 heavy (non-hydrogen) atoms. The maximum Gasteiger partial charge on any atom is 0.123 e. The van der Waals surface area contributed by atoms with Crippen molar-refractivity contribution in [2.75, 3.05) is 0 Å². The first kappa shape index (κ1) is 11.5. The Labute approximate surface area is 99.7 Å². The molecule has 0 aromatic heterocycles. The van der Waals surface area contributed by atoms with Crippen molar-refractivity contribution in [3.8, 4) is 6.07 Å². The van der Waals surface area contributed by atoms with Gasteiger partial charge in [0.1, 0.15) is 5.82 Å². The van der Waals surface area contributed by atoms with Gasteiger partial charge in [-0.15, -0.1) is 0 Å². The molecule has 0 spiro atoms. The molecular weight excluding hydrogens is 221 g/mol. The maximum absolute atomic E-state index is 13.1. The summed E-state index contributed by atoms with van der Waals surface area (Å²) in [5.41, 5.74) is 1.44. The van der Waals surface area contributed by atoms with Crippen LogP contribution >= 0.6 is 11.8 Å². The Bertz CT molecular complexity index is 405. The molecule has 84 valence electrons. The van der Waals surface area contributed by atoms with Crippen molar-refractivity contribution in [2.24, 2.45) is 0 Å². The predicted molar refractivity (Wildman–Crippen MR) is 64.7 cm³/mol. The number of hydrogen-bond donors (Lipinski definition) is 0. The van der Waals surface area contributed by atoms with Crippen LogP contribution in [0.25, 0.3) is 0 Å². The van der Waals surface area contributed by atoms with Gasteiger partial charge in [0, 0.05) is 11.0 Å². The van der Waals surface area contributed by atoms with Crippen LogP contribution in [0.5, 0.6) is 0 Å². The molecule has 1 aliphatic carbocycles. The molecule has 0 saturated heterocycles. The van der Waals surface area contributed by atoms with Crippen LogP contribution < -0.4 is 0 Å². The second-order valence-corrected chi connectivity index (χ2v) is 5.42. The summed E-state index contributed by atoms with van der Waals surface area (Å²) in [6, 6.07) is 6.52. The molecule has 0 atom stereocenters. The third-order valence-electron chi connectivity index (χ3n) is 2.96. The molecule has 0 heterocycles. The summed E-state index contributed by atoms with van der Waals surface area (Å²) >= 11 is 1.86. The summed E-state index contributed by atoms with van der Waals surface area (Å²) in [6.45, 7) is 0. The molecule has 0 bridgehead atoms. The van der Waals surface area contributed by atoms with Gasteiger partial charge in [-0.2, -0.15) is 17.0 Å². The highest BCUT2D eigenvalue weighted by molar-refractivity contribution is 7.99. The Hall–Kier alpha value is -1.01. The van der Waals surface area contributed by atoms with Crippen LogP contribution in [0.15, 0.2) is 18.2 Å². The Kier molecular flexibility index (Phi) is 3.84. The highest BCUT2D eigenvalue weighted by atomic mass is 32.2. The Morgan fingerprint density at radius 1 is 1.38 bits per heavy atom. The van der Waals surface area contributed by atoms with Gasteiger partial charge in [-0.3, -0.25) is 0 Å². The van der Waals surface area contributed by atoms with E-state index in [9.17, 15) is 4.39 Å². The molecule has 0 aliphatic heterocycles. The third-order valence-corrected chi connectivity index (χ3v) is 4.38. The van der Waals surface area contributed by atoms with Crippen LogP contribution in [-0.4, -0.2) is 5.25 Å². The van der Waals surface area contributed by atoms with E-state index in [2.05, 4.69) is 6.07 Å². The molecule has 1 aliphatic rings. The van der Waals surface area contributed by atoms with Crippen molar-refractivity contribution >= 4 is 11.8 Å². The smallest absolute Gasteiger partial charge is 0.123 e. The zero-order valence-corrected chi connectivity index (χ0v) is 9.89. The van der Waals surface area contributed by atoms with Crippen molar-refractivity contribution in [3.63, 3.8) is 0 Å². The van der Waals surface area contributed by atoms with E-state index in [1.165, 1.54) is 37.8 Å².